The lowest BCUT2D eigenvalue weighted by molar-refractivity contribution is -0.385. The van der Waals surface area contributed by atoms with E-state index in [-0.39, 0.29) is 29.0 Å². The molecule has 1 N–H and O–H groups in total. The zero-order valence-electron chi connectivity index (χ0n) is 12.8. The molecule has 2 saturated heterocycles. The summed E-state index contributed by atoms with van der Waals surface area (Å²) < 4.78 is 27.2. The molecule has 128 valence electrons. The van der Waals surface area contributed by atoms with Gasteiger partial charge in [0.1, 0.15) is 0 Å². The second kappa shape index (κ2) is 6.72. The quantitative estimate of drug-likeness (QED) is 0.655. The Kier molecular flexibility index (Phi) is 5.30. The van der Waals surface area contributed by atoms with Crippen molar-refractivity contribution in [2.24, 2.45) is 0 Å². The van der Waals surface area contributed by atoms with Crippen molar-refractivity contribution < 1.29 is 13.3 Å². The Morgan fingerprint density at radius 1 is 1.26 bits per heavy atom. The lowest BCUT2D eigenvalue weighted by atomic mass is 10.1. The van der Waals surface area contributed by atoms with Crippen LogP contribution in [-0.4, -0.2) is 42.8 Å². The Bertz CT molecular complexity index is 710. The number of benzene rings is 1. The van der Waals surface area contributed by atoms with E-state index in [2.05, 4.69) is 5.32 Å². The minimum Gasteiger partial charge on any atom is -0.310 e. The highest BCUT2D eigenvalue weighted by atomic mass is 35.5. The maximum atomic E-state index is 12.9. The highest BCUT2D eigenvalue weighted by Crippen LogP contribution is 2.28. The van der Waals surface area contributed by atoms with Gasteiger partial charge < -0.3 is 5.32 Å². The van der Waals surface area contributed by atoms with Crippen LogP contribution >= 0.6 is 12.4 Å². The fourth-order valence-electron chi connectivity index (χ4n) is 3.25. The van der Waals surface area contributed by atoms with E-state index in [0.29, 0.717) is 24.7 Å². The van der Waals surface area contributed by atoms with E-state index in [1.807, 2.05) is 0 Å². The molecule has 0 amide bonds. The minimum atomic E-state index is -3.71. The lowest BCUT2D eigenvalue weighted by Gasteiger charge is -2.24. The van der Waals surface area contributed by atoms with Gasteiger partial charge in [-0.05, 0) is 31.7 Å². The van der Waals surface area contributed by atoms with Crippen LogP contribution in [0.5, 0.6) is 0 Å². The van der Waals surface area contributed by atoms with Crippen LogP contribution in [0.4, 0.5) is 5.69 Å². The average molecular weight is 362 g/mol. The molecule has 0 spiro atoms. The molecule has 9 heteroatoms. The first-order chi connectivity index (χ1) is 10.4. The summed E-state index contributed by atoms with van der Waals surface area (Å²) in [6.07, 6.45) is 2.85. The first kappa shape index (κ1) is 18.1. The Labute approximate surface area is 141 Å². The summed E-state index contributed by atoms with van der Waals surface area (Å²) in [6, 6.07) is 4.56. The standard InChI is InChI=1S/C14H19N3O4S.ClH/c1-10-2-5-13(17(18)19)8-14(10)22(20,21)16-7-6-11-3-4-12(9-16)15-11;/h2,5,8,11-12,15H,3-4,6-7,9H2,1H3;1H. The van der Waals surface area contributed by atoms with Gasteiger partial charge in [0.05, 0.1) is 9.82 Å². The molecular weight excluding hydrogens is 342 g/mol. The fourth-order valence-corrected chi connectivity index (χ4v) is 4.99. The third kappa shape index (κ3) is 3.50. The number of halogens is 1. The molecule has 7 nitrogen and oxygen atoms in total. The van der Waals surface area contributed by atoms with Gasteiger partial charge >= 0.3 is 0 Å². The summed E-state index contributed by atoms with van der Waals surface area (Å²) in [6.45, 7) is 2.55. The molecule has 1 aromatic carbocycles. The Morgan fingerprint density at radius 3 is 2.65 bits per heavy atom. The van der Waals surface area contributed by atoms with Gasteiger partial charge in [0, 0.05) is 37.3 Å². The maximum Gasteiger partial charge on any atom is 0.270 e. The molecular formula is C14H20ClN3O4S. The summed E-state index contributed by atoms with van der Waals surface area (Å²) in [5.41, 5.74) is 0.339. The number of aryl methyl sites for hydroxylation is 1. The molecule has 2 aliphatic rings. The van der Waals surface area contributed by atoms with Gasteiger partial charge in [-0.1, -0.05) is 6.07 Å². The Balaban J connectivity index is 0.00000192. The predicted octanol–water partition coefficient (Wildman–Crippen LogP) is 1.84. The number of rotatable bonds is 3. The highest BCUT2D eigenvalue weighted by molar-refractivity contribution is 7.89. The van der Waals surface area contributed by atoms with Crippen LogP contribution < -0.4 is 5.32 Å². The molecule has 2 fully saturated rings. The zero-order chi connectivity index (χ0) is 15.9. The van der Waals surface area contributed by atoms with Crippen molar-refractivity contribution in [3.05, 3.63) is 33.9 Å². The van der Waals surface area contributed by atoms with Gasteiger partial charge in [0.2, 0.25) is 10.0 Å². The minimum absolute atomic E-state index is 0. The van der Waals surface area contributed by atoms with Crippen LogP contribution in [-0.2, 0) is 10.0 Å². The third-order valence-corrected chi connectivity index (χ3v) is 6.49. The van der Waals surface area contributed by atoms with Crippen molar-refractivity contribution >= 4 is 28.1 Å². The topological polar surface area (TPSA) is 92.5 Å². The molecule has 3 rings (SSSR count). The first-order valence-corrected chi connectivity index (χ1v) is 8.83. The third-order valence-electron chi connectivity index (χ3n) is 4.49. The number of sulfonamides is 1. The number of hydrogen-bond acceptors (Lipinski definition) is 5. The maximum absolute atomic E-state index is 12.9. The summed E-state index contributed by atoms with van der Waals surface area (Å²) in [7, 11) is -3.71. The average Bonchev–Trinajstić information content (AvgIpc) is 2.77. The number of nitro benzene ring substituents is 1. The molecule has 2 unspecified atom stereocenters. The number of hydrogen-bond donors (Lipinski definition) is 1. The van der Waals surface area contributed by atoms with E-state index in [0.717, 1.165) is 19.3 Å². The lowest BCUT2D eigenvalue weighted by Crippen LogP contribution is -2.39. The molecule has 2 aliphatic heterocycles. The van der Waals surface area contributed by atoms with Crippen molar-refractivity contribution in [1.29, 1.82) is 0 Å². The Morgan fingerprint density at radius 2 is 1.96 bits per heavy atom. The van der Waals surface area contributed by atoms with Gasteiger partial charge in [0.15, 0.2) is 0 Å². The first-order valence-electron chi connectivity index (χ1n) is 7.39. The van der Waals surface area contributed by atoms with Crippen LogP contribution in [0.15, 0.2) is 23.1 Å². The van der Waals surface area contributed by atoms with Crippen LogP contribution in [0.2, 0.25) is 0 Å². The summed E-state index contributed by atoms with van der Waals surface area (Å²) >= 11 is 0. The molecule has 0 radical (unpaired) electrons. The summed E-state index contributed by atoms with van der Waals surface area (Å²) in [5.74, 6) is 0. The SMILES string of the molecule is Cc1ccc([N+](=O)[O-])cc1S(=O)(=O)N1CCC2CCC(C1)N2.Cl. The number of fused-ring (bicyclic) bond motifs is 2. The highest BCUT2D eigenvalue weighted by Gasteiger charge is 2.35. The molecule has 0 aromatic heterocycles. The van der Waals surface area contributed by atoms with E-state index in [1.165, 1.54) is 22.5 Å². The molecule has 1 aromatic rings. The van der Waals surface area contributed by atoms with Gasteiger partial charge in [-0.2, -0.15) is 4.31 Å². The van der Waals surface area contributed by atoms with Gasteiger partial charge in [-0.15, -0.1) is 12.4 Å². The molecule has 23 heavy (non-hydrogen) atoms. The van der Waals surface area contributed by atoms with E-state index < -0.39 is 14.9 Å². The molecule has 2 atom stereocenters. The van der Waals surface area contributed by atoms with Gasteiger partial charge in [-0.3, -0.25) is 10.1 Å². The van der Waals surface area contributed by atoms with E-state index in [4.69, 9.17) is 0 Å². The van der Waals surface area contributed by atoms with E-state index in [9.17, 15) is 18.5 Å². The fraction of sp³-hybridized carbons (Fsp3) is 0.571. The second-order valence-electron chi connectivity index (χ2n) is 6.00. The van der Waals surface area contributed by atoms with Crippen molar-refractivity contribution in [3.63, 3.8) is 0 Å². The summed E-state index contributed by atoms with van der Waals surface area (Å²) in [5, 5.41) is 14.4. The molecule has 0 saturated carbocycles. The predicted molar refractivity (Wildman–Crippen MR) is 88.4 cm³/mol. The number of non-ortho nitro benzene ring substituents is 1. The van der Waals surface area contributed by atoms with Crippen molar-refractivity contribution in [2.75, 3.05) is 13.1 Å². The second-order valence-corrected chi connectivity index (χ2v) is 7.90. The zero-order valence-corrected chi connectivity index (χ0v) is 14.4. The largest absolute Gasteiger partial charge is 0.310 e. The normalized spacial score (nSPS) is 24.7. The van der Waals surface area contributed by atoms with Crippen LogP contribution in [0, 0.1) is 17.0 Å². The van der Waals surface area contributed by atoms with Gasteiger partial charge in [-0.25, -0.2) is 8.42 Å². The monoisotopic (exact) mass is 361 g/mol. The molecule has 0 aliphatic carbocycles. The molecule has 2 bridgehead atoms. The summed E-state index contributed by atoms with van der Waals surface area (Å²) in [4.78, 5) is 10.4. The van der Waals surface area contributed by atoms with Gasteiger partial charge in [0.25, 0.3) is 5.69 Å². The molecule has 2 heterocycles. The number of nitrogens with zero attached hydrogens (tertiary/aromatic N) is 2. The van der Waals surface area contributed by atoms with E-state index in [1.54, 1.807) is 6.92 Å². The van der Waals surface area contributed by atoms with Crippen molar-refractivity contribution in [3.8, 4) is 0 Å². The van der Waals surface area contributed by atoms with Crippen LogP contribution in [0.25, 0.3) is 0 Å². The van der Waals surface area contributed by atoms with Crippen LogP contribution in [0.1, 0.15) is 24.8 Å². The Hall–Kier alpha value is -1.22. The van der Waals surface area contributed by atoms with Crippen LogP contribution in [0.3, 0.4) is 0 Å². The number of nitro groups is 1. The van der Waals surface area contributed by atoms with E-state index >= 15 is 0 Å². The number of nitrogens with one attached hydrogen (secondary N) is 1. The smallest absolute Gasteiger partial charge is 0.270 e. The van der Waals surface area contributed by atoms with Crippen molar-refractivity contribution in [1.82, 2.24) is 9.62 Å². The van der Waals surface area contributed by atoms with Crippen molar-refractivity contribution in [2.45, 2.75) is 43.2 Å².